The van der Waals surface area contributed by atoms with Crippen LogP contribution in [-0.2, 0) is 16.1 Å². The van der Waals surface area contributed by atoms with E-state index in [1.165, 1.54) is 23.8 Å². The van der Waals surface area contributed by atoms with Crippen molar-refractivity contribution >= 4 is 52.2 Å². The first-order valence-electron chi connectivity index (χ1n) is 10.4. The zero-order valence-corrected chi connectivity index (χ0v) is 20.1. The van der Waals surface area contributed by atoms with Crippen molar-refractivity contribution in [2.45, 2.75) is 6.61 Å². The Morgan fingerprint density at radius 2 is 1.76 bits per heavy atom. The lowest BCUT2D eigenvalue weighted by molar-refractivity contribution is -0.121. The number of thioether (sulfide) groups is 1. The van der Waals surface area contributed by atoms with E-state index in [0.717, 1.165) is 11.1 Å². The van der Waals surface area contributed by atoms with E-state index in [2.05, 4.69) is 4.99 Å². The molecule has 0 radical (unpaired) electrons. The Morgan fingerprint density at radius 3 is 2.47 bits per heavy atom. The molecule has 0 bridgehead atoms. The van der Waals surface area contributed by atoms with Crippen LogP contribution in [0.1, 0.15) is 21.5 Å². The van der Waals surface area contributed by atoms with Crippen molar-refractivity contribution in [1.29, 1.82) is 0 Å². The van der Waals surface area contributed by atoms with Crippen LogP contribution in [0.2, 0.25) is 5.02 Å². The van der Waals surface area contributed by atoms with Crippen LogP contribution in [0.25, 0.3) is 6.08 Å². The Hall–Kier alpha value is -3.55. The summed E-state index contributed by atoms with van der Waals surface area (Å²) in [6.07, 6.45) is 1.81. The molecule has 1 saturated heterocycles. The van der Waals surface area contributed by atoms with Crippen molar-refractivity contribution in [3.63, 3.8) is 0 Å². The number of aliphatic imine (C=N–C) groups is 1. The smallest absolute Gasteiger partial charge is 0.337 e. The summed E-state index contributed by atoms with van der Waals surface area (Å²) in [5, 5.41) is 1.22. The predicted molar refractivity (Wildman–Crippen MR) is 135 cm³/mol. The minimum absolute atomic E-state index is 0.151. The van der Waals surface area contributed by atoms with Gasteiger partial charge in [-0.05, 0) is 65.9 Å². The highest BCUT2D eigenvalue weighted by Gasteiger charge is 2.30. The van der Waals surface area contributed by atoms with Gasteiger partial charge in [-0.15, -0.1) is 0 Å². The lowest BCUT2D eigenvalue weighted by Gasteiger charge is -2.10. The zero-order chi connectivity index (χ0) is 24.1. The van der Waals surface area contributed by atoms with Gasteiger partial charge in [0.25, 0.3) is 5.91 Å². The second kappa shape index (κ2) is 10.6. The molecule has 4 rings (SSSR count). The molecule has 0 spiro atoms. The third-order valence-corrected chi connectivity index (χ3v) is 6.34. The summed E-state index contributed by atoms with van der Waals surface area (Å²) in [5.41, 5.74) is 2.85. The number of ether oxygens (including phenoxy) is 2. The second-order valence-corrected chi connectivity index (χ2v) is 8.81. The first-order valence-corrected chi connectivity index (χ1v) is 11.5. The minimum atomic E-state index is -0.413. The predicted octanol–water partition coefficient (Wildman–Crippen LogP) is 5.94. The van der Waals surface area contributed by atoms with Crippen molar-refractivity contribution in [3.05, 3.63) is 99.4 Å². The Kier molecular flexibility index (Phi) is 7.35. The SMILES string of the molecule is COC(=O)c1ccc(N=C2S/C(=C\c3ccccc3OCc3ccc(Cl)cc3)C(=O)N2C)cc1. The maximum absolute atomic E-state index is 12.9. The molecule has 1 amide bonds. The molecule has 172 valence electrons. The standard InChI is InChI=1S/C26H21ClN2O4S/c1-29-24(30)23(34-26(29)28-21-13-9-18(10-14-21)25(31)32-2)15-19-5-3-4-6-22(19)33-16-17-7-11-20(27)12-8-17/h3-15H,16H2,1-2H3/b23-15-,28-26?. The monoisotopic (exact) mass is 492 g/mol. The van der Waals surface area contributed by atoms with Gasteiger partial charge in [0.05, 0.1) is 23.3 Å². The number of esters is 1. The molecule has 0 atom stereocenters. The van der Waals surface area contributed by atoms with Gasteiger partial charge in [0.2, 0.25) is 0 Å². The first-order chi connectivity index (χ1) is 16.4. The van der Waals surface area contributed by atoms with Gasteiger partial charge in [-0.25, -0.2) is 9.79 Å². The number of carbonyl (C=O) groups excluding carboxylic acids is 2. The van der Waals surface area contributed by atoms with E-state index in [1.807, 2.05) is 54.6 Å². The number of halogens is 1. The minimum Gasteiger partial charge on any atom is -0.488 e. The maximum Gasteiger partial charge on any atom is 0.337 e. The molecule has 1 heterocycles. The molecule has 0 unspecified atom stereocenters. The van der Waals surface area contributed by atoms with E-state index >= 15 is 0 Å². The highest BCUT2D eigenvalue weighted by atomic mass is 35.5. The maximum atomic E-state index is 12.9. The molecule has 6 nitrogen and oxygen atoms in total. The fourth-order valence-corrected chi connectivity index (χ4v) is 4.27. The molecule has 1 aliphatic rings. The zero-order valence-electron chi connectivity index (χ0n) is 18.5. The van der Waals surface area contributed by atoms with Gasteiger partial charge in [0.1, 0.15) is 12.4 Å². The number of hydrogen-bond donors (Lipinski definition) is 0. The number of carbonyl (C=O) groups is 2. The summed E-state index contributed by atoms with van der Waals surface area (Å²) in [6.45, 7) is 0.382. The van der Waals surface area contributed by atoms with E-state index in [1.54, 1.807) is 31.3 Å². The van der Waals surface area contributed by atoms with Crippen molar-refractivity contribution in [1.82, 2.24) is 4.90 Å². The van der Waals surface area contributed by atoms with Gasteiger partial charge in [0, 0.05) is 17.6 Å². The van der Waals surface area contributed by atoms with Gasteiger partial charge >= 0.3 is 5.97 Å². The molecule has 34 heavy (non-hydrogen) atoms. The van der Waals surface area contributed by atoms with Gasteiger partial charge in [-0.3, -0.25) is 9.69 Å². The Balaban J connectivity index is 1.52. The molecule has 1 aliphatic heterocycles. The van der Waals surface area contributed by atoms with Crippen LogP contribution in [0, 0.1) is 0 Å². The van der Waals surface area contributed by atoms with E-state index in [-0.39, 0.29) is 5.91 Å². The van der Waals surface area contributed by atoms with Crippen molar-refractivity contribution < 1.29 is 19.1 Å². The fourth-order valence-electron chi connectivity index (χ4n) is 3.17. The average molecular weight is 493 g/mol. The summed E-state index contributed by atoms with van der Waals surface area (Å²) in [7, 11) is 3.02. The van der Waals surface area contributed by atoms with Crippen LogP contribution < -0.4 is 4.74 Å². The number of likely N-dealkylation sites (N-methyl/N-ethyl adjacent to an activating group) is 1. The van der Waals surface area contributed by atoms with Crippen molar-refractivity contribution in [2.24, 2.45) is 4.99 Å². The van der Waals surface area contributed by atoms with Gasteiger partial charge < -0.3 is 9.47 Å². The summed E-state index contributed by atoms with van der Waals surface area (Å²) >= 11 is 7.23. The highest BCUT2D eigenvalue weighted by Crippen LogP contribution is 2.35. The molecule has 3 aromatic carbocycles. The summed E-state index contributed by atoms with van der Waals surface area (Å²) in [5.74, 6) is 0.108. The Bertz CT molecular complexity index is 1270. The first kappa shape index (κ1) is 23.6. The third kappa shape index (κ3) is 5.50. The van der Waals surface area contributed by atoms with E-state index in [4.69, 9.17) is 21.1 Å². The number of hydrogen-bond acceptors (Lipinski definition) is 6. The number of amidine groups is 1. The summed E-state index contributed by atoms with van der Waals surface area (Å²) < 4.78 is 10.7. The number of para-hydroxylation sites is 1. The second-order valence-electron chi connectivity index (χ2n) is 7.36. The lowest BCUT2D eigenvalue weighted by atomic mass is 10.2. The summed E-state index contributed by atoms with van der Waals surface area (Å²) in [4.78, 5) is 31.1. The van der Waals surface area contributed by atoms with Gasteiger partial charge in [-0.2, -0.15) is 0 Å². The van der Waals surface area contributed by atoms with Crippen molar-refractivity contribution in [3.8, 4) is 5.75 Å². The van der Waals surface area contributed by atoms with E-state index in [0.29, 0.717) is 38.7 Å². The molecule has 0 N–H and O–H groups in total. The molecule has 1 fully saturated rings. The molecular formula is C26H21ClN2O4S. The Morgan fingerprint density at radius 1 is 1.06 bits per heavy atom. The van der Waals surface area contributed by atoms with Crippen LogP contribution >= 0.6 is 23.4 Å². The number of rotatable bonds is 6. The fraction of sp³-hybridized carbons (Fsp3) is 0.115. The molecular weight excluding hydrogens is 472 g/mol. The summed E-state index contributed by atoms with van der Waals surface area (Å²) in [6, 6.07) is 21.7. The highest BCUT2D eigenvalue weighted by molar-refractivity contribution is 8.18. The molecule has 8 heteroatoms. The van der Waals surface area contributed by atoms with Gasteiger partial charge in [0.15, 0.2) is 5.17 Å². The molecule has 3 aromatic rings. The number of benzene rings is 3. The number of amides is 1. The topological polar surface area (TPSA) is 68.2 Å². The lowest BCUT2D eigenvalue weighted by Crippen LogP contribution is -2.23. The van der Waals surface area contributed by atoms with Crippen LogP contribution in [0.5, 0.6) is 5.75 Å². The normalized spacial score (nSPS) is 15.7. The molecule has 0 saturated carbocycles. The van der Waals surface area contributed by atoms with E-state index < -0.39 is 5.97 Å². The van der Waals surface area contributed by atoms with Crippen LogP contribution in [0.3, 0.4) is 0 Å². The number of nitrogens with zero attached hydrogens (tertiary/aromatic N) is 2. The van der Waals surface area contributed by atoms with Gasteiger partial charge in [-0.1, -0.05) is 41.9 Å². The largest absolute Gasteiger partial charge is 0.488 e. The molecule has 0 aliphatic carbocycles. The van der Waals surface area contributed by atoms with Crippen LogP contribution in [-0.4, -0.2) is 36.1 Å². The Labute approximate surface area is 206 Å². The van der Waals surface area contributed by atoms with Crippen LogP contribution in [0.4, 0.5) is 5.69 Å². The number of methoxy groups -OCH3 is 1. The van der Waals surface area contributed by atoms with E-state index in [9.17, 15) is 9.59 Å². The average Bonchev–Trinajstić information content (AvgIpc) is 3.12. The quantitative estimate of drug-likeness (QED) is 0.314. The van der Waals surface area contributed by atoms with Crippen LogP contribution in [0.15, 0.2) is 82.7 Å². The van der Waals surface area contributed by atoms with Crippen molar-refractivity contribution in [2.75, 3.05) is 14.2 Å². The third-order valence-electron chi connectivity index (χ3n) is 5.03. The molecule has 0 aromatic heterocycles.